The van der Waals surface area contributed by atoms with E-state index in [1.54, 1.807) is 5.56 Å². The van der Waals surface area contributed by atoms with Crippen LogP contribution in [-0.4, -0.2) is 13.1 Å². The van der Waals surface area contributed by atoms with Crippen molar-refractivity contribution in [2.75, 3.05) is 13.1 Å². The molecular formula is C19H29N. The van der Waals surface area contributed by atoms with Gasteiger partial charge in [-0.3, -0.25) is 0 Å². The number of likely N-dealkylation sites (N-methyl/N-ethyl adjacent to an activating group) is 1. The molecule has 0 atom stereocenters. The van der Waals surface area contributed by atoms with Gasteiger partial charge in [-0.1, -0.05) is 56.0 Å². The van der Waals surface area contributed by atoms with Crippen LogP contribution in [0.25, 0.3) is 0 Å². The van der Waals surface area contributed by atoms with Gasteiger partial charge in [-0.15, -0.1) is 0 Å². The second kappa shape index (κ2) is 5.52. The largest absolute Gasteiger partial charge is 0.316 e. The molecule has 20 heavy (non-hydrogen) atoms. The van der Waals surface area contributed by atoms with Crippen molar-refractivity contribution in [1.82, 2.24) is 5.32 Å². The highest BCUT2D eigenvalue weighted by Crippen LogP contribution is 2.61. The molecule has 0 unspecified atom stereocenters. The fourth-order valence-electron chi connectivity index (χ4n) is 4.74. The Labute approximate surface area is 124 Å². The first-order valence-corrected chi connectivity index (χ1v) is 8.46. The van der Waals surface area contributed by atoms with Gasteiger partial charge in [0.25, 0.3) is 0 Å². The lowest BCUT2D eigenvalue weighted by atomic mass is 9.46. The van der Waals surface area contributed by atoms with E-state index >= 15 is 0 Å². The number of nitrogens with one attached hydrogen (secondary N) is 1. The van der Waals surface area contributed by atoms with E-state index in [0.717, 1.165) is 13.1 Å². The van der Waals surface area contributed by atoms with Crippen molar-refractivity contribution in [1.29, 1.82) is 0 Å². The Hall–Kier alpha value is -0.820. The van der Waals surface area contributed by atoms with Crippen LogP contribution in [0, 0.1) is 12.3 Å². The normalized spacial score (nSPS) is 23.5. The average Bonchev–Trinajstić information content (AvgIpc) is 2.44. The first kappa shape index (κ1) is 14.1. The summed E-state index contributed by atoms with van der Waals surface area (Å²) in [5, 5.41) is 3.63. The lowest BCUT2D eigenvalue weighted by molar-refractivity contribution is -0.0125. The first-order chi connectivity index (χ1) is 9.68. The van der Waals surface area contributed by atoms with Gasteiger partial charge in [0.1, 0.15) is 0 Å². The molecule has 2 aliphatic carbocycles. The molecule has 1 nitrogen and oxygen atoms in total. The number of rotatable bonds is 4. The molecule has 0 aromatic heterocycles. The van der Waals surface area contributed by atoms with E-state index in [0.29, 0.717) is 10.8 Å². The minimum atomic E-state index is 0.418. The van der Waals surface area contributed by atoms with Crippen LogP contribution < -0.4 is 5.32 Å². The number of aryl methyl sites for hydroxylation is 1. The minimum absolute atomic E-state index is 0.418. The van der Waals surface area contributed by atoms with E-state index in [1.165, 1.54) is 50.5 Å². The molecule has 2 fully saturated rings. The molecule has 1 aromatic rings. The zero-order valence-electron chi connectivity index (χ0n) is 13.2. The summed E-state index contributed by atoms with van der Waals surface area (Å²) >= 11 is 0. The molecule has 0 aliphatic heterocycles. The van der Waals surface area contributed by atoms with Crippen LogP contribution in [0.15, 0.2) is 24.3 Å². The smallest absolute Gasteiger partial charge is 0.00883 e. The maximum Gasteiger partial charge on any atom is 0.00883 e. The van der Waals surface area contributed by atoms with Crippen molar-refractivity contribution >= 4 is 0 Å². The molecule has 3 rings (SSSR count). The topological polar surface area (TPSA) is 12.0 Å². The van der Waals surface area contributed by atoms with Crippen molar-refractivity contribution in [2.45, 2.75) is 64.2 Å². The van der Waals surface area contributed by atoms with Gasteiger partial charge < -0.3 is 5.32 Å². The van der Waals surface area contributed by atoms with Crippen molar-refractivity contribution in [3.63, 3.8) is 0 Å². The number of hydrogen-bond donors (Lipinski definition) is 1. The average molecular weight is 271 g/mol. The fourth-order valence-corrected chi connectivity index (χ4v) is 4.74. The maximum atomic E-state index is 3.63. The Bertz CT molecular complexity index is 431. The SMILES string of the molecule is CCNCC1(c2ccc(C)cc2)CC2(CCCCC2)C1. The van der Waals surface area contributed by atoms with Crippen LogP contribution in [0.2, 0.25) is 0 Å². The van der Waals surface area contributed by atoms with Crippen molar-refractivity contribution in [3.05, 3.63) is 35.4 Å². The van der Waals surface area contributed by atoms with Crippen molar-refractivity contribution < 1.29 is 0 Å². The second-order valence-corrected chi connectivity index (χ2v) is 7.34. The molecule has 1 spiro atoms. The highest BCUT2D eigenvalue weighted by atomic mass is 14.9. The van der Waals surface area contributed by atoms with Crippen LogP contribution in [-0.2, 0) is 5.41 Å². The van der Waals surface area contributed by atoms with E-state index in [9.17, 15) is 0 Å². The Morgan fingerprint density at radius 2 is 1.65 bits per heavy atom. The summed E-state index contributed by atoms with van der Waals surface area (Å²) in [6.07, 6.45) is 10.2. The van der Waals surface area contributed by atoms with Gasteiger partial charge in [0.05, 0.1) is 0 Å². The second-order valence-electron chi connectivity index (χ2n) is 7.34. The van der Waals surface area contributed by atoms with E-state index in [-0.39, 0.29) is 0 Å². The molecule has 0 bridgehead atoms. The molecule has 2 aliphatic rings. The standard InChI is InChI=1S/C19H29N/c1-3-20-15-19(17-9-7-16(2)8-10-17)13-18(14-19)11-5-4-6-12-18/h7-10,20H,3-6,11-15H2,1-2H3. The summed E-state index contributed by atoms with van der Waals surface area (Å²) in [6.45, 7) is 6.65. The Morgan fingerprint density at radius 3 is 2.25 bits per heavy atom. The summed E-state index contributed by atoms with van der Waals surface area (Å²) in [5.41, 5.74) is 4.05. The van der Waals surface area contributed by atoms with Crippen LogP contribution >= 0.6 is 0 Å². The van der Waals surface area contributed by atoms with Gasteiger partial charge in [0.2, 0.25) is 0 Å². The monoisotopic (exact) mass is 271 g/mol. The predicted molar refractivity (Wildman–Crippen MR) is 86.2 cm³/mol. The summed E-state index contributed by atoms with van der Waals surface area (Å²) in [6, 6.07) is 9.33. The molecule has 0 saturated heterocycles. The van der Waals surface area contributed by atoms with Crippen LogP contribution in [0.5, 0.6) is 0 Å². The van der Waals surface area contributed by atoms with Gasteiger partial charge >= 0.3 is 0 Å². The third-order valence-corrected chi connectivity index (χ3v) is 5.72. The molecule has 1 aromatic carbocycles. The van der Waals surface area contributed by atoms with Crippen LogP contribution in [0.4, 0.5) is 0 Å². The lowest BCUT2D eigenvalue weighted by Crippen LogP contribution is -2.55. The van der Waals surface area contributed by atoms with E-state index in [1.807, 2.05) is 0 Å². The summed E-state index contributed by atoms with van der Waals surface area (Å²) in [7, 11) is 0. The molecule has 0 heterocycles. The zero-order valence-corrected chi connectivity index (χ0v) is 13.2. The van der Waals surface area contributed by atoms with E-state index < -0.39 is 0 Å². The van der Waals surface area contributed by atoms with Gasteiger partial charge in [0, 0.05) is 12.0 Å². The number of benzene rings is 1. The molecule has 1 N–H and O–H groups in total. The third kappa shape index (κ3) is 2.53. The van der Waals surface area contributed by atoms with Crippen molar-refractivity contribution in [2.24, 2.45) is 5.41 Å². The number of hydrogen-bond acceptors (Lipinski definition) is 1. The highest BCUT2D eigenvalue weighted by molar-refractivity contribution is 5.33. The quantitative estimate of drug-likeness (QED) is 0.844. The fraction of sp³-hybridized carbons (Fsp3) is 0.684. The predicted octanol–water partition coefficient (Wildman–Crippen LogP) is 4.59. The summed E-state index contributed by atoms with van der Waals surface area (Å²) in [4.78, 5) is 0. The highest BCUT2D eigenvalue weighted by Gasteiger charge is 2.54. The molecule has 0 amide bonds. The molecule has 0 radical (unpaired) electrons. The van der Waals surface area contributed by atoms with Gasteiger partial charge in [-0.05, 0) is 50.1 Å². The van der Waals surface area contributed by atoms with Crippen LogP contribution in [0.1, 0.15) is 63.0 Å². The zero-order chi connectivity index (χ0) is 14.1. The molecule has 2 saturated carbocycles. The van der Waals surface area contributed by atoms with Gasteiger partial charge in [0.15, 0.2) is 0 Å². The Balaban J connectivity index is 1.78. The minimum Gasteiger partial charge on any atom is -0.316 e. The van der Waals surface area contributed by atoms with Gasteiger partial charge in [-0.2, -0.15) is 0 Å². The van der Waals surface area contributed by atoms with Crippen molar-refractivity contribution in [3.8, 4) is 0 Å². The lowest BCUT2D eigenvalue weighted by Gasteiger charge is -2.59. The molecule has 1 heteroatoms. The maximum absolute atomic E-state index is 3.63. The summed E-state index contributed by atoms with van der Waals surface area (Å²) < 4.78 is 0. The van der Waals surface area contributed by atoms with Crippen LogP contribution in [0.3, 0.4) is 0 Å². The first-order valence-electron chi connectivity index (χ1n) is 8.46. The van der Waals surface area contributed by atoms with E-state index in [2.05, 4.69) is 43.4 Å². The molecule has 110 valence electrons. The third-order valence-electron chi connectivity index (χ3n) is 5.72. The Kier molecular flexibility index (Phi) is 3.90. The molecular weight excluding hydrogens is 242 g/mol. The van der Waals surface area contributed by atoms with Gasteiger partial charge in [-0.25, -0.2) is 0 Å². The summed E-state index contributed by atoms with van der Waals surface area (Å²) in [5.74, 6) is 0. The Morgan fingerprint density at radius 1 is 1.00 bits per heavy atom. The van der Waals surface area contributed by atoms with E-state index in [4.69, 9.17) is 0 Å².